The summed E-state index contributed by atoms with van der Waals surface area (Å²) in [6, 6.07) is 0. The van der Waals surface area contributed by atoms with Crippen molar-refractivity contribution in [3.63, 3.8) is 0 Å². The first-order valence-electron chi connectivity index (χ1n) is 8.24. The van der Waals surface area contributed by atoms with E-state index in [9.17, 15) is 18.0 Å². The topological polar surface area (TPSA) is 107 Å². The molecule has 3 heterocycles. The number of carbonyl (C=O) groups is 2. The molecule has 2 atom stereocenters. The van der Waals surface area contributed by atoms with Crippen LogP contribution in [0.3, 0.4) is 0 Å². The standard InChI is InChI=1S/C16H21N3O5S3/c1-8-17-18-15(26-8)25-6-9-7-27(22,23)14-11(24-5)13(21)19(14)10(9)12(20)16(2,3)4/h11,14H,6-7H2,1-5H3/t11-,14+/m0/s1. The highest BCUT2D eigenvalue weighted by Crippen LogP contribution is 2.41. The zero-order valence-corrected chi connectivity index (χ0v) is 18.1. The van der Waals surface area contributed by atoms with Gasteiger partial charge in [-0.1, -0.05) is 43.9 Å². The van der Waals surface area contributed by atoms with E-state index in [1.54, 1.807) is 20.8 Å². The predicted molar refractivity (Wildman–Crippen MR) is 102 cm³/mol. The van der Waals surface area contributed by atoms with E-state index in [2.05, 4.69) is 10.2 Å². The molecule has 0 spiro atoms. The van der Waals surface area contributed by atoms with Gasteiger partial charge in [0, 0.05) is 18.3 Å². The van der Waals surface area contributed by atoms with Crippen molar-refractivity contribution in [1.29, 1.82) is 0 Å². The Balaban J connectivity index is 2.03. The van der Waals surface area contributed by atoms with Crippen molar-refractivity contribution >= 4 is 44.6 Å². The number of sulfone groups is 1. The summed E-state index contributed by atoms with van der Waals surface area (Å²) in [6.45, 7) is 7.07. The monoisotopic (exact) mass is 431 g/mol. The number of ketones is 1. The minimum absolute atomic E-state index is 0.189. The summed E-state index contributed by atoms with van der Waals surface area (Å²) >= 11 is 2.71. The lowest BCUT2D eigenvalue weighted by Gasteiger charge is -2.49. The first-order valence-corrected chi connectivity index (χ1v) is 11.8. The summed E-state index contributed by atoms with van der Waals surface area (Å²) in [5.74, 6) is -0.774. The van der Waals surface area contributed by atoms with Crippen LogP contribution in [-0.4, -0.2) is 65.3 Å². The number of thioether (sulfide) groups is 1. The summed E-state index contributed by atoms with van der Waals surface area (Å²) in [5, 5.41) is 7.63. The molecule has 2 aliphatic heterocycles. The van der Waals surface area contributed by atoms with Crippen LogP contribution in [0.1, 0.15) is 25.8 Å². The van der Waals surface area contributed by atoms with E-state index >= 15 is 0 Å². The summed E-state index contributed by atoms with van der Waals surface area (Å²) < 4.78 is 31.2. The number of hydrogen-bond acceptors (Lipinski definition) is 9. The maximum Gasteiger partial charge on any atom is 0.260 e. The lowest BCUT2D eigenvalue weighted by Crippen LogP contribution is -2.71. The van der Waals surface area contributed by atoms with Gasteiger partial charge in [-0.05, 0) is 12.5 Å². The highest BCUT2D eigenvalue weighted by Gasteiger charge is 2.60. The molecule has 11 heteroatoms. The third-order valence-corrected chi connectivity index (χ3v) is 8.34. The van der Waals surface area contributed by atoms with E-state index < -0.39 is 32.6 Å². The van der Waals surface area contributed by atoms with Crippen LogP contribution < -0.4 is 0 Å². The number of nitrogens with zero attached hydrogens (tertiary/aromatic N) is 3. The van der Waals surface area contributed by atoms with E-state index in [0.717, 1.165) is 9.91 Å². The molecule has 1 saturated heterocycles. The molecule has 1 fully saturated rings. The average molecular weight is 432 g/mol. The van der Waals surface area contributed by atoms with Crippen molar-refractivity contribution in [1.82, 2.24) is 15.1 Å². The number of aromatic nitrogens is 2. The van der Waals surface area contributed by atoms with E-state index in [-0.39, 0.29) is 23.0 Å². The fourth-order valence-corrected chi connectivity index (χ4v) is 7.01. The fraction of sp³-hybridized carbons (Fsp3) is 0.625. The number of allylic oxidation sites excluding steroid dienone is 1. The van der Waals surface area contributed by atoms with Crippen molar-refractivity contribution < 1.29 is 22.7 Å². The van der Waals surface area contributed by atoms with Crippen molar-refractivity contribution in [2.75, 3.05) is 18.6 Å². The Morgan fingerprint density at radius 1 is 1.37 bits per heavy atom. The van der Waals surface area contributed by atoms with Gasteiger partial charge in [0.1, 0.15) is 5.01 Å². The van der Waals surface area contributed by atoms with Gasteiger partial charge in [0.15, 0.2) is 31.4 Å². The molecule has 1 aromatic heterocycles. The van der Waals surface area contributed by atoms with E-state index in [4.69, 9.17) is 4.74 Å². The summed E-state index contributed by atoms with van der Waals surface area (Å²) in [5.41, 5.74) is -0.143. The highest BCUT2D eigenvalue weighted by atomic mass is 32.2. The molecule has 2 aliphatic rings. The molecule has 0 radical (unpaired) electrons. The summed E-state index contributed by atoms with van der Waals surface area (Å²) in [6.07, 6.45) is -1.06. The maximum atomic E-state index is 13.1. The molecular weight excluding hydrogens is 410 g/mol. The molecule has 1 amide bonds. The minimum atomic E-state index is -3.65. The Morgan fingerprint density at radius 2 is 2.04 bits per heavy atom. The Labute approximate surface area is 166 Å². The highest BCUT2D eigenvalue weighted by molar-refractivity contribution is 8.01. The number of methoxy groups -OCH3 is 1. The predicted octanol–water partition coefficient (Wildman–Crippen LogP) is 1.42. The van der Waals surface area contributed by atoms with Gasteiger partial charge in [-0.3, -0.25) is 14.5 Å². The van der Waals surface area contributed by atoms with Crippen molar-refractivity contribution in [3.8, 4) is 0 Å². The van der Waals surface area contributed by atoms with Gasteiger partial charge in [-0.15, -0.1) is 10.2 Å². The van der Waals surface area contributed by atoms with Crippen LogP contribution in [0.4, 0.5) is 0 Å². The molecule has 0 N–H and O–H groups in total. The number of aryl methyl sites for hydroxylation is 1. The minimum Gasteiger partial charge on any atom is -0.368 e. The van der Waals surface area contributed by atoms with E-state index in [1.165, 1.54) is 30.2 Å². The molecule has 0 aliphatic carbocycles. The van der Waals surface area contributed by atoms with Gasteiger partial charge in [-0.25, -0.2) is 8.42 Å². The number of carbonyl (C=O) groups excluding carboxylic acids is 2. The zero-order chi connectivity index (χ0) is 20.1. The number of β-lactam (4-membered cyclic amide) rings is 1. The molecule has 27 heavy (non-hydrogen) atoms. The van der Waals surface area contributed by atoms with Gasteiger partial charge in [0.2, 0.25) is 0 Å². The second kappa shape index (κ2) is 6.94. The van der Waals surface area contributed by atoms with Crippen LogP contribution in [-0.2, 0) is 24.2 Å². The number of amides is 1. The van der Waals surface area contributed by atoms with Crippen LogP contribution in [0.25, 0.3) is 0 Å². The number of rotatable bonds is 5. The molecule has 1 aromatic rings. The molecule has 0 aromatic carbocycles. The van der Waals surface area contributed by atoms with Gasteiger partial charge in [-0.2, -0.15) is 0 Å². The lowest BCUT2D eigenvalue weighted by atomic mass is 9.86. The third kappa shape index (κ3) is 3.57. The summed E-state index contributed by atoms with van der Waals surface area (Å²) in [7, 11) is -2.36. The second-order valence-corrected chi connectivity index (χ2v) is 12.0. The Hall–Kier alpha value is -1.30. The van der Waals surface area contributed by atoms with Gasteiger partial charge in [0.05, 0.1) is 11.4 Å². The van der Waals surface area contributed by atoms with Crippen LogP contribution in [0, 0.1) is 12.3 Å². The maximum absolute atomic E-state index is 13.1. The molecular formula is C16H21N3O5S3. The van der Waals surface area contributed by atoms with E-state index in [0.29, 0.717) is 9.91 Å². The molecule has 8 nitrogen and oxygen atoms in total. The van der Waals surface area contributed by atoms with Gasteiger partial charge < -0.3 is 4.74 Å². The molecule has 0 bridgehead atoms. The van der Waals surface area contributed by atoms with Crippen LogP contribution in [0.15, 0.2) is 15.6 Å². The number of fused-ring (bicyclic) bond motifs is 1. The molecule has 148 valence electrons. The number of Topliss-reactive ketones (excluding diaryl/α,β-unsaturated/α-hetero) is 1. The molecule has 0 saturated carbocycles. The first-order chi connectivity index (χ1) is 12.5. The molecule has 3 rings (SSSR count). The Morgan fingerprint density at radius 3 is 2.56 bits per heavy atom. The quantitative estimate of drug-likeness (QED) is 0.509. The normalized spacial score (nSPS) is 24.6. The zero-order valence-electron chi connectivity index (χ0n) is 15.7. The lowest BCUT2D eigenvalue weighted by molar-refractivity contribution is -0.161. The van der Waals surface area contributed by atoms with Crippen molar-refractivity contribution in [2.45, 2.75) is 43.5 Å². The smallest absolute Gasteiger partial charge is 0.260 e. The van der Waals surface area contributed by atoms with E-state index in [1.807, 2.05) is 6.92 Å². The van der Waals surface area contributed by atoms with Gasteiger partial charge >= 0.3 is 0 Å². The second-order valence-electron chi connectivity index (χ2n) is 7.47. The third-order valence-electron chi connectivity index (χ3n) is 4.34. The van der Waals surface area contributed by atoms with Crippen molar-refractivity contribution in [2.24, 2.45) is 5.41 Å². The van der Waals surface area contributed by atoms with Crippen molar-refractivity contribution in [3.05, 3.63) is 16.3 Å². The van der Waals surface area contributed by atoms with Crippen LogP contribution in [0.5, 0.6) is 0 Å². The van der Waals surface area contributed by atoms with Gasteiger partial charge in [0.25, 0.3) is 5.91 Å². The SMILES string of the molecule is CO[C@H]1C(=O)N2C(C(=O)C(C)(C)C)=C(CSc3nnc(C)s3)CS(=O)(=O)[C@H]12. The largest absolute Gasteiger partial charge is 0.368 e. The Kier molecular flexibility index (Phi) is 5.26. The number of hydrogen-bond donors (Lipinski definition) is 0. The van der Waals surface area contributed by atoms with Crippen LogP contribution in [0.2, 0.25) is 0 Å². The fourth-order valence-electron chi connectivity index (χ4n) is 3.03. The summed E-state index contributed by atoms with van der Waals surface area (Å²) in [4.78, 5) is 26.7. The Bertz CT molecular complexity index is 929. The van der Waals surface area contributed by atoms with Crippen LogP contribution >= 0.6 is 23.1 Å². The molecule has 0 unspecified atom stereocenters. The first kappa shape index (κ1) is 20.4. The number of ether oxygens (including phenoxy) is 1. The average Bonchev–Trinajstić information content (AvgIpc) is 2.97.